The standard InChI is InChI=1S/C14H17N3O3/c1-11-15-13(17(16-11)10-14(18)19)8-5-9-20-12-6-3-2-4-7-12/h2-4,6-7H,5,8-10H2,1H3,(H,18,19). The van der Waals surface area contributed by atoms with E-state index in [1.165, 1.54) is 4.68 Å². The van der Waals surface area contributed by atoms with Gasteiger partial charge in [-0.15, -0.1) is 0 Å². The topological polar surface area (TPSA) is 77.2 Å². The molecule has 6 heteroatoms. The minimum absolute atomic E-state index is 0.157. The number of carboxylic acids is 1. The summed E-state index contributed by atoms with van der Waals surface area (Å²) in [6.45, 7) is 2.15. The largest absolute Gasteiger partial charge is 0.494 e. The van der Waals surface area contributed by atoms with Gasteiger partial charge in [0.15, 0.2) is 0 Å². The zero-order chi connectivity index (χ0) is 14.4. The molecule has 2 rings (SSSR count). The molecule has 1 aromatic heterocycles. The molecule has 0 saturated carbocycles. The van der Waals surface area contributed by atoms with E-state index in [2.05, 4.69) is 10.1 Å². The van der Waals surface area contributed by atoms with Crippen molar-refractivity contribution in [2.75, 3.05) is 6.61 Å². The van der Waals surface area contributed by atoms with E-state index in [9.17, 15) is 4.79 Å². The zero-order valence-electron chi connectivity index (χ0n) is 11.3. The van der Waals surface area contributed by atoms with Gasteiger partial charge in [-0.05, 0) is 25.5 Å². The Morgan fingerprint density at radius 1 is 1.35 bits per heavy atom. The number of benzene rings is 1. The Balaban J connectivity index is 1.83. The SMILES string of the molecule is Cc1nc(CCCOc2ccccc2)n(CC(=O)O)n1. The molecule has 0 fully saturated rings. The third kappa shape index (κ3) is 4.08. The smallest absolute Gasteiger partial charge is 0.325 e. The number of para-hydroxylation sites is 1. The molecule has 106 valence electrons. The van der Waals surface area contributed by atoms with Gasteiger partial charge in [-0.25, -0.2) is 9.67 Å². The fourth-order valence-electron chi connectivity index (χ4n) is 1.88. The molecule has 0 amide bonds. The molecule has 0 aliphatic heterocycles. The highest BCUT2D eigenvalue weighted by Gasteiger charge is 2.10. The Labute approximate surface area is 117 Å². The van der Waals surface area contributed by atoms with E-state index in [1.54, 1.807) is 6.92 Å². The maximum atomic E-state index is 10.7. The Kier molecular flexibility index (Phi) is 4.70. The van der Waals surface area contributed by atoms with Crippen molar-refractivity contribution in [3.8, 4) is 5.75 Å². The van der Waals surface area contributed by atoms with E-state index in [0.717, 1.165) is 12.2 Å². The summed E-state index contributed by atoms with van der Waals surface area (Å²) in [5.74, 6) is 1.18. The van der Waals surface area contributed by atoms with Crippen LogP contribution in [0.3, 0.4) is 0 Å². The molecule has 1 aromatic carbocycles. The minimum Gasteiger partial charge on any atom is -0.494 e. The van der Waals surface area contributed by atoms with Crippen LogP contribution < -0.4 is 4.74 Å². The second-order valence-electron chi connectivity index (χ2n) is 4.39. The van der Waals surface area contributed by atoms with Gasteiger partial charge in [-0.1, -0.05) is 18.2 Å². The summed E-state index contributed by atoms with van der Waals surface area (Å²) >= 11 is 0. The van der Waals surface area contributed by atoms with Crippen LogP contribution in [0.1, 0.15) is 18.1 Å². The molecule has 0 atom stereocenters. The van der Waals surface area contributed by atoms with Gasteiger partial charge >= 0.3 is 5.97 Å². The lowest BCUT2D eigenvalue weighted by Crippen LogP contribution is -2.14. The van der Waals surface area contributed by atoms with Gasteiger partial charge < -0.3 is 9.84 Å². The molecule has 1 N–H and O–H groups in total. The van der Waals surface area contributed by atoms with Crippen LogP contribution in [-0.4, -0.2) is 32.4 Å². The van der Waals surface area contributed by atoms with Crippen LogP contribution in [0.4, 0.5) is 0 Å². The maximum Gasteiger partial charge on any atom is 0.325 e. The summed E-state index contributed by atoms with van der Waals surface area (Å²) in [6.07, 6.45) is 1.40. The number of aliphatic carboxylic acids is 1. The maximum absolute atomic E-state index is 10.7. The van der Waals surface area contributed by atoms with Gasteiger partial charge in [-0.2, -0.15) is 5.10 Å². The molecule has 6 nitrogen and oxygen atoms in total. The van der Waals surface area contributed by atoms with Crippen molar-refractivity contribution >= 4 is 5.97 Å². The van der Waals surface area contributed by atoms with Crippen LogP contribution in [-0.2, 0) is 17.8 Å². The lowest BCUT2D eigenvalue weighted by molar-refractivity contribution is -0.137. The highest BCUT2D eigenvalue weighted by Crippen LogP contribution is 2.09. The summed E-state index contributed by atoms with van der Waals surface area (Å²) in [4.78, 5) is 15.0. The molecule has 0 aliphatic rings. The molecule has 0 radical (unpaired) electrons. The summed E-state index contributed by atoms with van der Waals surface area (Å²) in [6, 6.07) is 9.57. The summed E-state index contributed by atoms with van der Waals surface area (Å²) in [5, 5.41) is 12.9. The first-order valence-electron chi connectivity index (χ1n) is 6.45. The number of nitrogens with zero attached hydrogens (tertiary/aromatic N) is 3. The first-order valence-corrected chi connectivity index (χ1v) is 6.45. The minimum atomic E-state index is -0.920. The van der Waals surface area contributed by atoms with E-state index in [1.807, 2.05) is 30.3 Å². The molecule has 0 saturated heterocycles. The zero-order valence-corrected chi connectivity index (χ0v) is 11.3. The fourth-order valence-corrected chi connectivity index (χ4v) is 1.88. The normalized spacial score (nSPS) is 10.4. The van der Waals surface area contributed by atoms with Crippen LogP contribution in [0.5, 0.6) is 5.75 Å². The van der Waals surface area contributed by atoms with Gasteiger partial charge in [0.05, 0.1) is 6.61 Å². The van der Waals surface area contributed by atoms with Crippen LogP contribution in [0.25, 0.3) is 0 Å². The highest BCUT2D eigenvalue weighted by atomic mass is 16.5. The number of ether oxygens (including phenoxy) is 1. The molecule has 0 unspecified atom stereocenters. The van der Waals surface area contributed by atoms with Crippen molar-refractivity contribution in [1.29, 1.82) is 0 Å². The highest BCUT2D eigenvalue weighted by molar-refractivity contribution is 5.66. The van der Waals surface area contributed by atoms with Crippen LogP contribution in [0.15, 0.2) is 30.3 Å². The monoisotopic (exact) mass is 275 g/mol. The van der Waals surface area contributed by atoms with Crippen molar-refractivity contribution < 1.29 is 14.6 Å². The van der Waals surface area contributed by atoms with Crippen molar-refractivity contribution in [3.05, 3.63) is 42.0 Å². The van der Waals surface area contributed by atoms with E-state index < -0.39 is 5.97 Å². The molecule has 0 aliphatic carbocycles. The molecular weight excluding hydrogens is 258 g/mol. The first kappa shape index (κ1) is 14.0. The summed E-state index contributed by atoms with van der Waals surface area (Å²) in [7, 11) is 0. The third-order valence-electron chi connectivity index (χ3n) is 2.70. The molecule has 2 aromatic rings. The van der Waals surface area contributed by atoms with Crippen molar-refractivity contribution in [2.45, 2.75) is 26.3 Å². The number of rotatable bonds is 7. The Morgan fingerprint density at radius 3 is 2.80 bits per heavy atom. The molecular formula is C14H17N3O3. The second kappa shape index (κ2) is 6.70. The third-order valence-corrected chi connectivity index (χ3v) is 2.70. The van der Waals surface area contributed by atoms with E-state index in [0.29, 0.717) is 24.7 Å². The summed E-state index contributed by atoms with van der Waals surface area (Å²) < 4.78 is 7.01. The number of aryl methyl sites for hydroxylation is 2. The molecule has 0 bridgehead atoms. The summed E-state index contributed by atoms with van der Waals surface area (Å²) in [5.41, 5.74) is 0. The van der Waals surface area contributed by atoms with Gasteiger partial charge in [0.2, 0.25) is 0 Å². The van der Waals surface area contributed by atoms with Crippen molar-refractivity contribution in [1.82, 2.24) is 14.8 Å². The molecule has 1 heterocycles. The quantitative estimate of drug-likeness (QED) is 0.778. The number of hydrogen-bond donors (Lipinski definition) is 1. The van der Waals surface area contributed by atoms with Gasteiger partial charge in [0, 0.05) is 6.42 Å². The number of carboxylic acid groups (broad SMARTS) is 1. The number of aromatic nitrogens is 3. The van der Waals surface area contributed by atoms with Gasteiger partial charge in [0.25, 0.3) is 0 Å². The molecule has 20 heavy (non-hydrogen) atoms. The first-order chi connectivity index (χ1) is 9.65. The van der Waals surface area contributed by atoms with E-state index in [-0.39, 0.29) is 6.54 Å². The number of carbonyl (C=O) groups is 1. The van der Waals surface area contributed by atoms with E-state index >= 15 is 0 Å². The van der Waals surface area contributed by atoms with Crippen LogP contribution in [0.2, 0.25) is 0 Å². The van der Waals surface area contributed by atoms with Gasteiger partial charge in [-0.3, -0.25) is 4.79 Å². The van der Waals surface area contributed by atoms with Crippen molar-refractivity contribution in [2.24, 2.45) is 0 Å². The van der Waals surface area contributed by atoms with Crippen LogP contribution >= 0.6 is 0 Å². The lowest BCUT2D eigenvalue weighted by atomic mass is 10.3. The predicted octanol–water partition coefficient (Wildman–Crippen LogP) is 1.68. The Hall–Kier alpha value is -2.37. The van der Waals surface area contributed by atoms with Gasteiger partial charge in [0.1, 0.15) is 23.9 Å². The second-order valence-corrected chi connectivity index (χ2v) is 4.39. The average Bonchev–Trinajstić information content (AvgIpc) is 2.75. The number of hydrogen-bond acceptors (Lipinski definition) is 4. The van der Waals surface area contributed by atoms with Crippen molar-refractivity contribution in [3.63, 3.8) is 0 Å². The van der Waals surface area contributed by atoms with Crippen LogP contribution in [0, 0.1) is 6.92 Å². The lowest BCUT2D eigenvalue weighted by Gasteiger charge is -2.06. The molecule has 0 spiro atoms. The van der Waals surface area contributed by atoms with E-state index in [4.69, 9.17) is 9.84 Å². The fraction of sp³-hybridized carbons (Fsp3) is 0.357. The average molecular weight is 275 g/mol. The Bertz CT molecular complexity index is 566. The Morgan fingerprint density at radius 2 is 2.10 bits per heavy atom. The predicted molar refractivity (Wildman–Crippen MR) is 72.7 cm³/mol.